The molecule has 78 valence electrons. The van der Waals surface area contributed by atoms with Crippen LogP contribution in [0.25, 0.3) is 0 Å². The van der Waals surface area contributed by atoms with Crippen LogP contribution < -0.4 is 5.73 Å². The molecule has 0 bridgehead atoms. The SMILES string of the molecule is C=C(COCCOCCN)C(C)C. The van der Waals surface area contributed by atoms with Gasteiger partial charge in [0, 0.05) is 6.54 Å². The first-order chi connectivity index (χ1) is 6.18. The molecule has 0 atom stereocenters. The highest BCUT2D eigenvalue weighted by atomic mass is 16.5. The summed E-state index contributed by atoms with van der Waals surface area (Å²) in [5, 5.41) is 0. The van der Waals surface area contributed by atoms with Crippen molar-refractivity contribution in [3.05, 3.63) is 12.2 Å². The van der Waals surface area contributed by atoms with Crippen molar-refractivity contribution in [2.24, 2.45) is 11.7 Å². The lowest BCUT2D eigenvalue weighted by Gasteiger charge is -2.09. The van der Waals surface area contributed by atoms with Crippen LogP contribution in [0.5, 0.6) is 0 Å². The molecule has 0 aromatic carbocycles. The van der Waals surface area contributed by atoms with Crippen molar-refractivity contribution in [3.63, 3.8) is 0 Å². The van der Waals surface area contributed by atoms with E-state index in [4.69, 9.17) is 15.2 Å². The summed E-state index contributed by atoms with van der Waals surface area (Å²) in [6.45, 7) is 11.2. The van der Waals surface area contributed by atoms with Gasteiger partial charge in [0.2, 0.25) is 0 Å². The lowest BCUT2D eigenvalue weighted by molar-refractivity contribution is 0.0580. The molecule has 13 heavy (non-hydrogen) atoms. The lowest BCUT2D eigenvalue weighted by atomic mass is 10.1. The van der Waals surface area contributed by atoms with Crippen LogP contribution >= 0.6 is 0 Å². The zero-order valence-corrected chi connectivity index (χ0v) is 8.71. The van der Waals surface area contributed by atoms with Gasteiger partial charge in [-0.05, 0) is 11.5 Å². The van der Waals surface area contributed by atoms with Gasteiger partial charge < -0.3 is 15.2 Å². The van der Waals surface area contributed by atoms with Crippen LogP contribution in [0.15, 0.2) is 12.2 Å². The Kier molecular flexibility index (Phi) is 7.99. The van der Waals surface area contributed by atoms with Gasteiger partial charge >= 0.3 is 0 Å². The maximum Gasteiger partial charge on any atom is 0.0704 e. The third-order valence-electron chi connectivity index (χ3n) is 1.74. The van der Waals surface area contributed by atoms with Crippen molar-refractivity contribution >= 4 is 0 Å². The molecule has 3 heteroatoms. The van der Waals surface area contributed by atoms with E-state index in [-0.39, 0.29) is 0 Å². The summed E-state index contributed by atoms with van der Waals surface area (Å²) < 4.78 is 10.5. The molecule has 0 saturated carbocycles. The minimum Gasteiger partial charge on any atom is -0.378 e. The molecule has 0 aromatic rings. The molecule has 0 spiro atoms. The maximum atomic E-state index is 5.34. The normalized spacial score (nSPS) is 10.8. The van der Waals surface area contributed by atoms with Crippen molar-refractivity contribution < 1.29 is 9.47 Å². The standard InChI is InChI=1S/C10H21NO2/c1-9(2)10(3)8-13-7-6-12-5-4-11/h9H,3-8,11H2,1-2H3. The number of rotatable bonds is 8. The lowest BCUT2D eigenvalue weighted by Crippen LogP contribution is -2.13. The van der Waals surface area contributed by atoms with Crippen LogP contribution in [-0.2, 0) is 9.47 Å². The average Bonchev–Trinajstić information content (AvgIpc) is 2.10. The average molecular weight is 187 g/mol. The van der Waals surface area contributed by atoms with E-state index < -0.39 is 0 Å². The summed E-state index contributed by atoms with van der Waals surface area (Å²) in [4.78, 5) is 0. The van der Waals surface area contributed by atoms with E-state index in [2.05, 4.69) is 20.4 Å². The molecule has 3 nitrogen and oxygen atoms in total. The second kappa shape index (κ2) is 8.23. The molecule has 0 rings (SSSR count). The number of ether oxygens (including phenoxy) is 2. The number of hydrogen-bond donors (Lipinski definition) is 1. The van der Waals surface area contributed by atoms with Crippen LogP contribution in [0.1, 0.15) is 13.8 Å². The summed E-state index contributed by atoms with van der Waals surface area (Å²) >= 11 is 0. The van der Waals surface area contributed by atoms with Crippen LogP contribution in [0.2, 0.25) is 0 Å². The third kappa shape index (κ3) is 7.96. The largest absolute Gasteiger partial charge is 0.378 e. The Balaban J connectivity index is 3.12. The summed E-state index contributed by atoms with van der Waals surface area (Å²) in [6.07, 6.45) is 0. The van der Waals surface area contributed by atoms with Gasteiger partial charge in [-0.25, -0.2) is 0 Å². The Bertz CT molecular complexity index is 135. The molecule has 0 fully saturated rings. The molecule has 0 aliphatic rings. The molecule has 0 unspecified atom stereocenters. The molecule has 0 saturated heterocycles. The van der Waals surface area contributed by atoms with Crippen LogP contribution in [0, 0.1) is 5.92 Å². The van der Waals surface area contributed by atoms with E-state index in [1.54, 1.807) is 0 Å². The molecule has 2 N–H and O–H groups in total. The number of hydrogen-bond acceptors (Lipinski definition) is 3. The summed E-state index contributed by atoms with van der Waals surface area (Å²) in [7, 11) is 0. The van der Waals surface area contributed by atoms with Crippen molar-refractivity contribution in [3.8, 4) is 0 Å². The Hall–Kier alpha value is -0.380. The Labute approximate surface area is 80.9 Å². The van der Waals surface area contributed by atoms with Crippen molar-refractivity contribution in [2.75, 3.05) is 33.0 Å². The highest BCUT2D eigenvalue weighted by Gasteiger charge is 1.99. The van der Waals surface area contributed by atoms with E-state index in [0.717, 1.165) is 5.57 Å². The molecule has 0 aromatic heterocycles. The predicted octanol–water partition coefficient (Wildman–Crippen LogP) is 1.19. The summed E-state index contributed by atoms with van der Waals surface area (Å²) in [5.74, 6) is 0.491. The summed E-state index contributed by atoms with van der Waals surface area (Å²) in [6, 6.07) is 0. The van der Waals surface area contributed by atoms with Gasteiger partial charge in [0.1, 0.15) is 0 Å². The van der Waals surface area contributed by atoms with Gasteiger partial charge in [-0.15, -0.1) is 0 Å². The zero-order valence-electron chi connectivity index (χ0n) is 8.71. The molecule has 0 aliphatic heterocycles. The monoisotopic (exact) mass is 187 g/mol. The van der Waals surface area contributed by atoms with E-state index in [9.17, 15) is 0 Å². The van der Waals surface area contributed by atoms with Crippen molar-refractivity contribution in [1.29, 1.82) is 0 Å². The van der Waals surface area contributed by atoms with Gasteiger partial charge in [0.25, 0.3) is 0 Å². The van der Waals surface area contributed by atoms with E-state index in [0.29, 0.717) is 38.9 Å². The van der Waals surface area contributed by atoms with E-state index in [1.165, 1.54) is 0 Å². The van der Waals surface area contributed by atoms with Crippen LogP contribution in [0.4, 0.5) is 0 Å². The zero-order chi connectivity index (χ0) is 10.1. The van der Waals surface area contributed by atoms with Gasteiger partial charge in [0.15, 0.2) is 0 Å². The molecule has 0 aliphatic carbocycles. The predicted molar refractivity (Wildman–Crippen MR) is 54.7 cm³/mol. The first-order valence-corrected chi connectivity index (χ1v) is 4.71. The fraction of sp³-hybridized carbons (Fsp3) is 0.800. The molecule has 0 heterocycles. The van der Waals surface area contributed by atoms with Crippen LogP contribution in [0.3, 0.4) is 0 Å². The molecule has 0 amide bonds. The first-order valence-electron chi connectivity index (χ1n) is 4.71. The second-order valence-corrected chi connectivity index (χ2v) is 3.27. The molecular formula is C10H21NO2. The van der Waals surface area contributed by atoms with Gasteiger partial charge in [0.05, 0.1) is 26.4 Å². The smallest absolute Gasteiger partial charge is 0.0704 e. The summed E-state index contributed by atoms with van der Waals surface area (Å²) in [5.41, 5.74) is 6.38. The van der Waals surface area contributed by atoms with Gasteiger partial charge in [-0.1, -0.05) is 20.4 Å². The third-order valence-corrected chi connectivity index (χ3v) is 1.74. The first kappa shape index (κ1) is 12.6. The topological polar surface area (TPSA) is 44.5 Å². The Morgan fingerprint density at radius 3 is 2.38 bits per heavy atom. The fourth-order valence-corrected chi connectivity index (χ4v) is 0.673. The molecule has 0 radical (unpaired) electrons. The van der Waals surface area contributed by atoms with E-state index in [1.807, 2.05) is 0 Å². The highest BCUT2D eigenvalue weighted by Crippen LogP contribution is 2.05. The Morgan fingerprint density at radius 2 is 1.85 bits per heavy atom. The quantitative estimate of drug-likeness (QED) is 0.458. The number of nitrogens with two attached hydrogens (primary N) is 1. The Morgan fingerprint density at radius 1 is 1.23 bits per heavy atom. The maximum absolute atomic E-state index is 5.34. The fourth-order valence-electron chi connectivity index (χ4n) is 0.673. The minimum atomic E-state index is 0.491. The minimum absolute atomic E-state index is 0.491. The van der Waals surface area contributed by atoms with Crippen LogP contribution in [-0.4, -0.2) is 33.0 Å². The molecular weight excluding hydrogens is 166 g/mol. The van der Waals surface area contributed by atoms with E-state index >= 15 is 0 Å². The van der Waals surface area contributed by atoms with Gasteiger partial charge in [-0.3, -0.25) is 0 Å². The highest BCUT2D eigenvalue weighted by molar-refractivity contribution is 4.97. The van der Waals surface area contributed by atoms with Gasteiger partial charge in [-0.2, -0.15) is 0 Å². The van der Waals surface area contributed by atoms with Crippen molar-refractivity contribution in [2.45, 2.75) is 13.8 Å². The van der Waals surface area contributed by atoms with Crippen molar-refractivity contribution in [1.82, 2.24) is 0 Å². The second-order valence-electron chi connectivity index (χ2n) is 3.27.